The molecule has 0 aliphatic carbocycles. The molecule has 2 aliphatic rings. The number of aromatic nitrogens is 1. The lowest BCUT2D eigenvalue weighted by Gasteiger charge is -2.33. The lowest BCUT2D eigenvalue weighted by molar-refractivity contribution is -0.144. The van der Waals surface area contributed by atoms with Crippen molar-refractivity contribution in [2.45, 2.75) is 38.9 Å². The number of piperidine rings is 1. The number of esters is 1. The number of carbonyl (C=O) groups excluding carboxylic acids is 1. The summed E-state index contributed by atoms with van der Waals surface area (Å²) in [6, 6.07) is 1.87. The number of hydrogen-bond donors (Lipinski definition) is 0. The maximum absolute atomic E-state index is 12.0. The fourth-order valence-electron chi connectivity index (χ4n) is 3.47. The molecule has 0 saturated carbocycles. The van der Waals surface area contributed by atoms with Gasteiger partial charge in [0, 0.05) is 25.1 Å². The third-order valence-electron chi connectivity index (χ3n) is 4.84. The maximum atomic E-state index is 12.0. The zero-order chi connectivity index (χ0) is 17.1. The van der Waals surface area contributed by atoms with Crippen LogP contribution in [0.15, 0.2) is 10.6 Å². The zero-order valence-corrected chi connectivity index (χ0v) is 14.6. The van der Waals surface area contributed by atoms with Crippen molar-refractivity contribution in [1.82, 2.24) is 5.16 Å². The Hall–Kier alpha value is -1.60. The van der Waals surface area contributed by atoms with Crippen LogP contribution in [0.2, 0.25) is 0 Å². The highest BCUT2D eigenvalue weighted by molar-refractivity contribution is 5.77. The summed E-state index contributed by atoms with van der Waals surface area (Å²) in [5.74, 6) is 1.16. The van der Waals surface area contributed by atoms with Crippen LogP contribution < -0.4 is 4.90 Å². The van der Waals surface area contributed by atoms with Crippen molar-refractivity contribution in [2.24, 2.45) is 11.8 Å². The Labute approximate surface area is 142 Å². The minimum Gasteiger partial charge on any atom is -0.468 e. The fraction of sp³-hybridized carbons (Fsp3) is 0.765. The summed E-state index contributed by atoms with van der Waals surface area (Å²) in [6.45, 7) is 7.09. The molecule has 3 heterocycles. The van der Waals surface area contributed by atoms with Crippen LogP contribution in [0.1, 0.15) is 38.4 Å². The average Bonchev–Trinajstić information content (AvgIpc) is 3.27. The molecule has 3 rings (SSSR count). The molecule has 0 N–H and O–H groups in total. The van der Waals surface area contributed by atoms with Gasteiger partial charge in [0.2, 0.25) is 0 Å². The van der Waals surface area contributed by atoms with Gasteiger partial charge in [-0.1, -0.05) is 19.0 Å². The molecule has 0 amide bonds. The molecule has 0 aromatic carbocycles. The zero-order valence-electron chi connectivity index (χ0n) is 14.6. The van der Waals surface area contributed by atoms with E-state index in [1.807, 2.05) is 19.9 Å². The van der Waals surface area contributed by atoms with Crippen molar-refractivity contribution in [3.63, 3.8) is 0 Å². The van der Waals surface area contributed by atoms with Gasteiger partial charge in [-0.25, -0.2) is 0 Å². The molecular weight excluding hydrogens is 312 g/mol. The van der Waals surface area contributed by atoms with E-state index < -0.39 is 5.92 Å². The second-order valence-electron chi connectivity index (χ2n) is 6.77. The van der Waals surface area contributed by atoms with Gasteiger partial charge in [-0.2, -0.15) is 0 Å². The van der Waals surface area contributed by atoms with Crippen LogP contribution in [0, 0.1) is 11.8 Å². The van der Waals surface area contributed by atoms with E-state index in [1.54, 1.807) is 0 Å². The van der Waals surface area contributed by atoms with Crippen molar-refractivity contribution in [3.8, 4) is 0 Å². The second-order valence-corrected chi connectivity index (χ2v) is 6.77. The number of anilines is 1. The van der Waals surface area contributed by atoms with E-state index in [4.69, 9.17) is 18.7 Å². The maximum Gasteiger partial charge on any atom is 0.316 e. The van der Waals surface area contributed by atoms with E-state index in [9.17, 15) is 4.79 Å². The molecule has 134 valence electrons. The third kappa shape index (κ3) is 3.57. The van der Waals surface area contributed by atoms with E-state index in [0.717, 1.165) is 31.7 Å². The van der Waals surface area contributed by atoms with E-state index in [-0.39, 0.29) is 18.2 Å². The van der Waals surface area contributed by atoms with Crippen molar-refractivity contribution in [2.75, 3.05) is 38.3 Å². The molecule has 0 spiro atoms. The van der Waals surface area contributed by atoms with Crippen molar-refractivity contribution in [3.05, 3.63) is 11.8 Å². The van der Waals surface area contributed by atoms with Gasteiger partial charge < -0.3 is 23.6 Å². The van der Waals surface area contributed by atoms with Crippen LogP contribution in [-0.4, -0.2) is 50.8 Å². The Morgan fingerprint density at radius 1 is 1.29 bits per heavy atom. The van der Waals surface area contributed by atoms with Gasteiger partial charge in [0.15, 0.2) is 17.9 Å². The van der Waals surface area contributed by atoms with E-state index in [0.29, 0.717) is 24.9 Å². The number of rotatable bonds is 5. The van der Waals surface area contributed by atoms with Crippen molar-refractivity contribution >= 4 is 11.8 Å². The van der Waals surface area contributed by atoms with Crippen LogP contribution in [-0.2, 0) is 19.0 Å². The van der Waals surface area contributed by atoms with Gasteiger partial charge in [0.1, 0.15) is 5.92 Å². The monoisotopic (exact) mass is 338 g/mol. The first-order chi connectivity index (χ1) is 11.6. The second kappa shape index (κ2) is 7.53. The molecule has 0 bridgehead atoms. The number of nitrogens with zero attached hydrogens (tertiary/aromatic N) is 2. The van der Waals surface area contributed by atoms with Gasteiger partial charge in [0.05, 0.1) is 20.3 Å². The molecule has 2 aliphatic heterocycles. The Bertz CT molecular complexity index is 545. The molecule has 0 radical (unpaired) electrons. The highest BCUT2D eigenvalue weighted by atomic mass is 16.7. The molecule has 7 heteroatoms. The van der Waals surface area contributed by atoms with Gasteiger partial charge in [0.25, 0.3) is 0 Å². The third-order valence-corrected chi connectivity index (χ3v) is 4.84. The predicted octanol–water partition coefficient (Wildman–Crippen LogP) is 2.18. The van der Waals surface area contributed by atoms with Gasteiger partial charge in [-0.15, -0.1) is 0 Å². The molecule has 2 fully saturated rings. The van der Waals surface area contributed by atoms with Crippen LogP contribution in [0.5, 0.6) is 0 Å². The molecule has 2 saturated heterocycles. The first-order valence-corrected chi connectivity index (χ1v) is 8.62. The molecule has 1 aromatic rings. The van der Waals surface area contributed by atoms with E-state index >= 15 is 0 Å². The quantitative estimate of drug-likeness (QED) is 0.762. The van der Waals surface area contributed by atoms with Gasteiger partial charge >= 0.3 is 5.97 Å². The highest BCUT2D eigenvalue weighted by Gasteiger charge is 2.33. The van der Waals surface area contributed by atoms with Gasteiger partial charge in [-0.3, -0.25) is 4.79 Å². The first kappa shape index (κ1) is 17.2. The Balaban J connectivity index is 1.62. The summed E-state index contributed by atoms with van der Waals surface area (Å²) in [6.07, 6.45) is 1.94. The Morgan fingerprint density at radius 2 is 1.96 bits per heavy atom. The minimum atomic E-state index is -0.422. The molecule has 1 aromatic heterocycles. The van der Waals surface area contributed by atoms with Crippen LogP contribution >= 0.6 is 0 Å². The van der Waals surface area contributed by atoms with Crippen LogP contribution in [0.4, 0.5) is 5.82 Å². The van der Waals surface area contributed by atoms with Crippen molar-refractivity contribution in [1.29, 1.82) is 0 Å². The van der Waals surface area contributed by atoms with Crippen LogP contribution in [0.25, 0.3) is 0 Å². The normalized spacial score (nSPS) is 21.4. The topological polar surface area (TPSA) is 74.0 Å². The summed E-state index contributed by atoms with van der Waals surface area (Å²) in [7, 11) is 1.40. The standard InChI is InChI=1S/C17H26N2O5/c1-11(2)15(16(20)21-3)13-10-14(18-24-13)19-6-4-12(5-7-19)17-22-8-9-23-17/h10-12,15,17H,4-9H2,1-3H3. The lowest BCUT2D eigenvalue weighted by atomic mass is 9.93. The predicted molar refractivity (Wildman–Crippen MR) is 86.7 cm³/mol. The SMILES string of the molecule is COC(=O)C(c1cc(N2CCC(C3OCCO3)CC2)no1)C(C)C. The molecular formula is C17H26N2O5. The largest absolute Gasteiger partial charge is 0.468 e. The molecule has 7 nitrogen and oxygen atoms in total. The molecule has 1 atom stereocenters. The Kier molecular flexibility index (Phi) is 5.40. The minimum absolute atomic E-state index is 0.0512. The number of hydrogen-bond acceptors (Lipinski definition) is 7. The number of carbonyl (C=O) groups is 1. The Morgan fingerprint density at radius 3 is 2.54 bits per heavy atom. The summed E-state index contributed by atoms with van der Waals surface area (Å²) in [5, 5.41) is 4.16. The molecule has 1 unspecified atom stereocenters. The highest BCUT2D eigenvalue weighted by Crippen LogP contribution is 2.32. The van der Waals surface area contributed by atoms with E-state index in [2.05, 4.69) is 10.1 Å². The summed E-state index contributed by atoms with van der Waals surface area (Å²) >= 11 is 0. The van der Waals surface area contributed by atoms with E-state index in [1.165, 1.54) is 7.11 Å². The summed E-state index contributed by atoms with van der Waals surface area (Å²) in [4.78, 5) is 14.2. The summed E-state index contributed by atoms with van der Waals surface area (Å²) in [5.41, 5.74) is 0. The van der Waals surface area contributed by atoms with Gasteiger partial charge in [-0.05, 0) is 18.8 Å². The number of ether oxygens (including phenoxy) is 3. The fourth-order valence-corrected chi connectivity index (χ4v) is 3.47. The average molecular weight is 338 g/mol. The molecule has 24 heavy (non-hydrogen) atoms. The van der Waals surface area contributed by atoms with Crippen molar-refractivity contribution < 1.29 is 23.5 Å². The lowest BCUT2D eigenvalue weighted by Crippen LogP contribution is -2.38. The number of methoxy groups -OCH3 is 1. The van der Waals surface area contributed by atoms with Crippen LogP contribution in [0.3, 0.4) is 0 Å². The summed E-state index contributed by atoms with van der Waals surface area (Å²) < 4.78 is 21.6. The smallest absolute Gasteiger partial charge is 0.316 e. The first-order valence-electron chi connectivity index (χ1n) is 8.62.